The van der Waals surface area contributed by atoms with Crippen molar-refractivity contribution in [1.82, 2.24) is 0 Å². The summed E-state index contributed by atoms with van der Waals surface area (Å²) in [6.07, 6.45) is 1.68. The Hall–Kier alpha value is -1.26. The fourth-order valence-electron chi connectivity index (χ4n) is 1.27. The third-order valence-corrected chi connectivity index (χ3v) is 3.25. The van der Waals surface area contributed by atoms with E-state index in [0.29, 0.717) is 11.3 Å². The monoisotopic (exact) mass is 238 g/mol. The summed E-state index contributed by atoms with van der Waals surface area (Å²) in [4.78, 5) is 11.1. The van der Waals surface area contributed by atoms with Gasteiger partial charge in [0, 0.05) is 11.5 Å². The van der Waals surface area contributed by atoms with Gasteiger partial charge in [0.25, 0.3) is 0 Å². The third kappa shape index (κ3) is 2.87. The average Bonchev–Trinajstić information content (AvgIpc) is 2.30. The van der Waals surface area contributed by atoms with Crippen LogP contribution in [0.5, 0.6) is 0 Å². The highest BCUT2D eigenvalue weighted by molar-refractivity contribution is 7.99. The van der Waals surface area contributed by atoms with Gasteiger partial charge in [-0.3, -0.25) is 0 Å². The van der Waals surface area contributed by atoms with Crippen LogP contribution >= 0.6 is 11.8 Å². The summed E-state index contributed by atoms with van der Waals surface area (Å²) in [5.41, 5.74) is -1.42. The van der Waals surface area contributed by atoms with E-state index in [-0.39, 0.29) is 5.75 Å². The zero-order valence-electron chi connectivity index (χ0n) is 8.80. The van der Waals surface area contributed by atoms with Crippen LogP contribution in [0.15, 0.2) is 43.0 Å². The molecule has 0 aliphatic carbocycles. The molecule has 0 saturated carbocycles. The van der Waals surface area contributed by atoms with Gasteiger partial charge in [-0.25, -0.2) is 4.79 Å². The summed E-state index contributed by atoms with van der Waals surface area (Å²) < 4.78 is 0. The van der Waals surface area contributed by atoms with E-state index >= 15 is 0 Å². The molecule has 1 aromatic rings. The number of rotatable bonds is 6. The van der Waals surface area contributed by atoms with Crippen molar-refractivity contribution in [2.45, 2.75) is 5.60 Å². The lowest BCUT2D eigenvalue weighted by Gasteiger charge is -2.23. The van der Waals surface area contributed by atoms with Crippen LogP contribution in [0.1, 0.15) is 5.56 Å². The zero-order valence-corrected chi connectivity index (χ0v) is 9.61. The number of hydrogen-bond acceptors (Lipinski definition) is 3. The van der Waals surface area contributed by atoms with Crippen molar-refractivity contribution in [2.75, 3.05) is 11.5 Å². The van der Waals surface area contributed by atoms with Gasteiger partial charge in [0.1, 0.15) is 0 Å². The topological polar surface area (TPSA) is 57.5 Å². The number of aliphatic hydroxyl groups is 1. The second-order valence-electron chi connectivity index (χ2n) is 3.34. The molecular formula is C12H14O3S. The highest BCUT2D eigenvalue weighted by Crippen LogP contribution is 2.26. The molecule has 0 amide bonds. The van der Waals surface area contributed by atoms with Crippen LogP contribution in [0.3, 0.4) is 0 Å². The van der Waals surface area contributed by atoms with Crippen molar-refractivity contribution in [3.8, 4) is 0 Å². The Balaban J connectivity index is 2.89. The first-order chi connectivity index (χ1) is 7.61. The molecule has 0 unspecified atom stereocenters. The van der Waals surface area contributed by atoms with Crippen LogP contribution < -0.4 is 0 Å². The lowest BCUT2D eigenvalue weighted by Crippen LogP contribution is -2.38. The maximum absolute atomic E-state index is 11.1. The van der Waals surface area contributed by atoms with E-state index in [0.717, 1.165) is 0 Å². The van der Waals surface area contributed by atoms with E-state index < -0.39 is 11.6 Å². The lowest BCUT2D eigenvalue weighted by molar-refractivity contribution is -0.157. The van der Waals surface area contributed by atoms with Crippen molar-refractivity contribution in [2.24, 2.45) is 0 Å². The van der Waals surface area contributed by atoms with Gasteiger partial charge < -0.3 is 10.2 Å². The molecule has 0 spiro atoms. The van der Waals surface area contributed by atoms with Gasteiger partial charge in [-0.1, -0.05) is 36.4 Å². The summed E-state index contributed by atoms with van der Waals surface area (Å²) in [6.45, 7) is 3.55. The molecule has 0 radical (unpaired) electrons. The summed E-state index contributed by atoms with van der Waals surface area (Å²) in [5.74, 6) is -0.504. The fourth-order valence-corrected chi connectivity index (χ4v) is 2.14. The molecule has 1 aromatic carbocycles. The Morgan fingerprint density at radius 1 is 1.44 bits per heavy atom. The van der Waals surface area contributed by atoms with Gasteiger partial charge in [0.15, 0.2) is 5.60 Å². The van der Waals surface area contributed by atoms with Crippen molar-refractivity contribution >= 4 is 17.7 Å². The molecule has 0 aliphatic rings. The van der Waals surface area contributed by atoms with E-state index in [4.69, 9.17) is 5.11 Å². The van der Waals surface area contributed by atoms with Crippen molar-refractivity contribution in [3.63, 3.8) is 0 Å². The molecule has 16 heavy (non-hydrogen) atoms. The maximum Gasteiger partial charge on any atom is 0.341 e. The maximum atomic E-state index is 11.1. The van der Waals surface area contributed by atoms with Crippen molar-refractivity contribution in [1.29, 1.82) is 0 Å². The van der Waals surface area contributed by atoms with Crippen molar-refractivity contribution in [3.05, 3.63) is 48.6 Å². The summed E-state index contributed by atoms with van der Waals surface area (Å²) in [6, 6.07) is 8.43. The Morgan fingerprint density at radius 3 is 2.56 bits per heavy atom. The predicted molar refractivity (Wildman–Crippen MR) is 65.5 cm³/mol. The molecule has 0 saturated heterocycles. The molecule has 3 nitrogen and oxygen atoms in total. The average molecular weight is 238 g/mol. The normalized spacial score (nSPS) is 14.1. The first-order valence-electron chi connectivity index (χ1n) is 4.81. The van der Waals surface area contributed by atoms with Crippen LogP contribution in [0.4, 0.5) is 0 Å². The number of hydrogen-bond donors (Lipinski definition) is 2. The molecule has 1 rings (SSSR count). The highest BCUT2D eigenvalue weighted by Gasteiger charge is 2.37. The zero-order chi connectivity index (χ0) is 12.0. The molecule has 0 heterocycles. The van der Waals surface area contributed by atoms with Crippen LogP contribution in [-0.2, 0) is 10.4 Å². The first-order valence-corrected chi connectivity index (χ1v) is 5.96. The summed E-state index contributed by atoms with van der Waals surface area (Å²) in [7, 11) is 0. The Kier molecular flexibility index (Phi) is 4.58. The highest BCUT2D eigenvalue weighted by atomic mass is 32.2. The van der Waals surface area contributed by atoms with Crippen molar-refractivity contribution < 1.29 is 15.0 Å². The van der Waals surface area contributed by atoms with E-state index in [9.17, 15) is 9.90 Å². The second kappa shape index (κ2) is 5.72. The fraction of sp³-hybridized carbons (Fsp3) is 0.250. The number of thioether (sulfide) groups is 1. The van der Waals surface area contributed by atoms with E-state index in [2.05, 4.69) is 6.58 Å². The molecule has 0 aromatic heterocycles. The third-order valence-electron chi connectivity index (χ3n) is 2.15. The smallest absolute Gasteiger partial charge is 0.341 e. The SMILES string of the molecule is C=CCSC[C@](O)(C(=O)O)c1ccccc1. The van der Waals surface area contributed by atoms with Gasteiger partial charge in [-0.05, 0) is 5.56 Å². The van der Waals surface area contributed by atoms with E-state index in [1.807, 2.05) is 0 Å². The van der Waals surface area contributed by atoms with Gasteiger partial charge >= 0.3 is 5.97 Å². The number of aliphatic carboxylic acids is 1. The minimum absolute atomic E-state index is 0.109. The second-order valence-corrected chi connectivity index (χ2v) is 4.37. The van der Waals surface area contributed by atoms with Gasteiger partial charge in [-0.15, -0.1) is 6.58 Å². The van der Waals surface area contributed by atoms with Crippen LogP contribution in [0.25, 0.3) is 0 Å². The predicted octanol–water partition coefficient (Wildman–Crippen LogP) is 1.88. The number of carbonyl (C=O) groups is 1. The number of carboxylic acid groups (broad SMARTS) is 1. The van der Waals surface area contributed by atoms with Gasteiger partial charge in [0.2, 0.25) is 0 Å². The molecule has 4 heteroatoms. The van der Waals surface area contributed by atoms with Gasteiger partial charge in [0.05, 0.1) is 0 Å². The number of benzene rings is 1. The molecule has 1 atom stereocenters. The lowest BCUT2D eigenvalue weighted by atomic mass is 9.96. The molecular weight excluding hydrogens is 224 g/mol. The minimum Gasteiger partial charge on any atom is -0.479 e. The molecule has 86 valence electrons. The standard InChI is InChI=1S/C12H14O3S/c1-2-8-16-9-12(15,11(13)14)10-6-4-3-5-7-10/h2-7,15H,1,8-9H2,(H,13,14)/t12-/m1/s1. The summed E-state index contributed by atoms with van der Waals surface area (Å²) >= 11 is 1.33. The quantitative estimate of drug-likeness (QED) is 0.587. The molecule has 2 N–H and O–H groups in total. The molecule has 0 fully saturated rings. The van der Waals surface area contributed by atoms with Gasteiger partial charge in [-0.2, -0.15) is 11.8 Å². The molecule has 0 bridgehead atoms. The first kappa shape index (κ1) is 12.8. The Bertz CT molecular complexity index is 364. The minimum atomic E-state index is -1.82. The van der Waals surface area contributed by atoms with E-state index in [1.165, 1.54) is 11.8 Å². The Morgan fingerprint density at radius 2 is 2.06 bits per heavy atom. The molecule has 0 aliphatic heterocycles. The summed E-state index contributed by atoms with van der Waals surface area (Å²) in [5, 5.41) is 19.2. The van der Waals surface area contributed by atoms with Crippen LogP contribution in [0.2, 0.25) is 0 Å². The van der Waals surface area contributed by atoms with Crippen LogP contribution in [0, 0.1) is 0 Å². The number of carboxylic acids is 1. The van der Waals surface area contributed by atoms with E-state index in [1.54, 1.807) is 36.4 Å². The largest absolute Gasteiger partial charge is 0.479 e. The van der Waals surface area contributed by atoms with Crippen LogP contribution in [-0.4, -0.2) is 27.7 Å². The Labute approximate surface area is 98.8 Å².